The van der Waals surface area contributed by atoms with Crippen LogP contribution in [0.5, 0.6) is 0 Å². The van der Waals surface area contributed by atoms with Crippen molar-refractivity contribution in [1.82, 2.24) is 0 Å². The van der Waals surface area contributed by atoms with E-state index in [1.165, 1.54) is 11.3 Å². The van der Waals surface area contributed by atoms with Gasteiger partial charge in [-0.2, -0.15) is 5.26 Å². The summed E-state index contributed by atoms with van der Waals surface area (Å²) in [6, 6.07) is 13.5. The Hall–Kier alpha value is -2.32. The maximum absolute atomic E-state index is 10.8. The summed E-state index contributed by atoms with van der Waals surface area (Å²) in [5, 5.41) is 12.0. The number of nitrogens with one attached hydrogen (secondary N) is 1. The number of rotatable bonds is 5. The van der Waals surface area contributed by atoms with Crippen molar-refractivity contribution in [3.05, 3.63) is 51.7 Å². The number of primary amides is 1. The number of carbonyl (C=O) groups is 1. The number of nitrogens with two attached hydrogens (primary N) is 1. The summed E-state index contributed by atoms with van der Waals surface area (Å²) >= 11 is 1.48. The zero-order chi connectivity index (χ0) is 13.7. The van der Waals surface area contributed by atoms with Crippen molar-refractivity contribution in [1.29, 1.82) is 5.26 Å². The van der Waals surface area contributed by atoms with E-state index in [9.17, 15) is 4.79 Å². The number of amides is 1. The molecule has 1 aromatic carbocycles. The first kappa shape index (κ1) is 13.1. The quantitative estimate of drug-likeness (QED) is 0.875. The molecule has 19 heavy (non-hydrogen) atoms. The van der Waals surface area contributed by atoms with Crippen LogP contribution in [0.25, 0.3) is 0 Å². The largest absolute Gasteiger partial charge is 0.380 e. The molecule has 1 heterocycles. The molecule has 0 aliphatic heterocycles. The van der Waals surface area contributed by atoms with Crippen LogP contribution in [0, 0.1) is 11.3 Å². The van der Waals surface area contributed by atoms with E-state index in [1.54, 1.807) is 0 Å². The number of nitriles is 1. The molecule has 0 fully saturated rings. The predicted molar refractivity (Wildman–Crippen MR) is 75.7 cm³/mol. The van der Waals surface area contributed by atoms with Gasteiger partial charge in [-0.3, -0.25) is 4.79 Å². The van der Waals surface area contributed by atoms with E-state index < -0.39 is 0 Å². The Kier molecular flexibility index (Phi) is 4.16. The molecule has 0 aliphatic rings. The molecule has 1 aromatic heterocycles. The number of thiophene rings is 1. The summed E-state index contributed by atoms with van der Waals surface area (Å²) in [4.78, 5) is 12.6. The lowest BCUT2D eigenvalue weighted by Crippen LogP contribution is -2.13. The lowest BCUT2D eigenvalue weighted by atomic mass is 10.1. The molecule has 4 nitrogen and oxygen atoms in total. The maximum atomic E-state index is 10.8. The summed E-state index contributed by atoms with van der Waals surface area (Å²) in [5.74, 6) is -0.330. The molecular formula is C14H13N3OS. The van der Waals surface area contributed by atoms with Crippen molar-refractivity contribution in [3.63, 3.8) is 0 Å². The third-order valence-electron chi connectivity index (χ3n) is 2.57. The van der Waals surface area contributed by atoms with Crippen LogP contribution in [-0.4, -0.2) is 5.91 Å². The summed E-state index contributed by atoms with van der Waals surface area (Å²) in [6.07, 6.45) is 0.261. The van der Waals surface area contributed by atoms with Crippen LogP contribution in [0.15, 0.2) is 36.4 Å². The van der Waals surface area contributed by atoms with Gasteiger partial charge in [0.1, 0.15) is 10.9 Å². The van der Waals surface area contributed by atoms with Gasteiger partial charge in [0.15, 0.2) is 0 Å². The minimum atomic E-state index is -0.330. The van der Waals surface area contributed by atoms with Gasteiger partial charge in [-0.05, 0) is 29.8 Å². The van der Waals surface area contributed by atoms with E-state index in [0.717, 1.165) is 16.1 Å². The summed E-state index contributed by atoms with van der Waals surface area (Å²) in [7, 11) is 0. The molecule has 0 radical (unpaired) electrons. The number of anilines is 1. The van der Waals surface area contributed by atoms with Crippen molar-refractivity contribution < 1.29 is 4.79 Å². The van der Waals surface area contributed by atoms with E-state index in [4.69, 9.17) is 11.0 Å². The molecule has 0 aliphatic carbocycles. The van der Waals surface area contributed by atoms with Gasteiger partial charge in [-0.25, -0.2) is 0 Å². The van der Waals surface area contributed by atoms with Crippen molar-refractivity contribution in [2.45, 2.75) is 13.0 Å². The Balaban J connectivity index is 1.93. The second kappa shape index (κ2) is 6.03. The Morgan fingerprint density at radius 2 is 2.00 bits per heavy atom. The molecule has 5 heteroatoms. The summed E-state index contributed by atoms with van der Waals surface area (Å²) in [5.41, 5.74) is 7.01. The van der Waals surface area contributed by atoms with Crippen molar-refractivity contribution >= 4 is 22.9 Å². The second-order valence-corrected chi connectivity index (χ2v) is 5.24. The third kappa shape index (κ3) is 3.83. The van der Waals surface area contributed by atoms with Crippen LogP contribution in [0.4, 0.5) is 5.69 Å². The third-order valence-corrected chi connectivity index (χ3v) is 3.56. The van der Waals surface area contributed by atoms with Crippen LogP contribution < -0.4 is 11.1 Å². The lowest BCUT2D eigenvalue weighted by Gasteiger charge is -2.05. The fourth-order valence-electron chi connectivity index (χ4n) is 1.66. The average molecular weight is 271 g/mol. The predicted octanol–water partition coefficient (Wildman–Crippen LogP) is 2.26. The van der Waals surface area contributed by atoms with E-state index in [0.29, 0.717) is 11.4 Å². The van der Waals surface area contributed by atoms with Crippen LogP contribution >= 0.6 is 11.3 Å². The van der Waals surface area contributed by atoms with Gasteiger partial charge in [0.05, 0.1) is 6.42 Å². The van der Waals surface area contributed by atoms with Gasteiger partial charge in [-0.1, -0.05) is 12.1 Å². The lowest BCUT2D eigenvalue weighted by molar-refractivity contribution is -0.117. The molecular weight excluding hydrogens is 258 g/mol. The number of carbonyl (C=O) groups excluding carboxylic acids is 1. The minimum absolute atomic E-state index is 0.261. The SMILES string of the molecule is N#Cc1ccc(CNc2ccc(CC(N)=O)cc2)s1. The second-order valence-electron chi connectivity index (χ2n) is 4.07. The van der Waals surface area contributed by atoms with E-state index in [2.05, 4.69) is 11.4 Å². The molecule has 0 saturated carbocycles. The van der Waals surface area contributed by atoms with Gasteiger partial charge < -0.3 is 11.1 Å². The molecule has 0 atom stereocenters. The van der Waals surface area contributed by atoms with Gasteiger partial charge in [-0.15, -0.1) is 11.3 Å². The standard InChI is InChI=1S/C14H13N3OS/c15-8-12-5-6-13(19-12)9-17-11-3-1-10(2-4-11)7-14(16)18/h1-6,17H,7,9H2,(H2,16,18). The number of hydrogen-bond acceptors (Lipinski definition) is 4. The molecule has 1 amide bonds. The Morgan fingerprint density at radius 3 is 2.58 bits per heavy atom. The number of nitrogens with zero attached hydrogens (tertiary/aromatic N) is 1. The summed E-state index contributed by atoms with van der Waals surface area (Å²) in [6.45, 7) is 0.682. The molecule has 96 valence electrons. The molecule has 0 bridgehead atoms. The Bertz CT molecular complexity index is 610. The Morgan fingerprint density at radius 1 is 1.26 bits per heavy atom. The van der Waals surface area contributed by atoms with Crippen molar-refractivity contribution in [3.8, 4) is 6.07 Å². The van der Waals surface area contributed by atoms with Crippen LogP contribution in [0.3, 0.4) is 0 Å². The zero-order valence-electron chi connectivity index (χ0n) is 10.2. The monoisotopic (exact) mass is 271 g/mol. The van der Waals surface area contributed by atoms with Gasteiger partial charge in [0.2, 0.25) is 5.91 Å². The topological polar surface area (TPSA) is 78.9 Å². The average Bonchev–Trinajstić information content (AvgIpc) is 2.85. The first-order valence-corrected chi connectivity index (χ1v) is 6.59. The zero-order valence-corrected chi connectivity index (χ0v) is 11.0. The van der Waals surface area contributed by atoms with Crippen molar-refractivity contribution in [2.75, 3.05) is 5.32 Å². The molecule has 2 rings (SSSR count). The minimum Gasteiger partial charge on any atom is -0.380 e. The van der Waals surface area contributed by atoms with Gasteiger partial charge in [0, 0.05) is 17.1 Å². The molecule has 0 spiro atoms. The Labute approximate surface area is 115 Å². The molecule has 3 N–H and O–H groups in total. The van der Waals surface area contributed by atoms with Crippen molar-refractivity contribution in [2.24, 2.45) is 5.73 Å². The van der Waals surface area contributed by atoms with Crippen LogP contribution in [-0.2, 0) is 17.8 Å². The highest BCUT2D eigenvalue weighted by Gasteiger charge is 2.01. The molecule has 0 saturated heterocycles. The fraction of sp³-hybridized carbons (Fsp3) is 0.143. The highest BCUT2D eigenvalue weighted by molar-refractivity contribution is 7.12. The molecule has 0 unspecified atom stereocenters. The maximum Gasteiger partial charge on any atom is 0.221 e. The van der Waals surface area contributed by atoms with Gasteiger partial charge >= 0.3 is 0 Å². The summed E-state index contributed by atoms with van der Waals surface area (Å²) < 4.78 is 0. The fourth-order valence-corrected chi connectivity index (χ4v) is 2.41. The van der Waals surface area contributed by atoms with Crippen LogP contribution in [0.1, 0.15) is 15.3 Å². The van der Waals surface area contributed by atoms with E-state index in [-0.39, 0.29) is 12.3 Å². The highest BCUT2D eigenvalue weighted by atomic mass is 32.1. The first-order chi connectivity index (χ1) is 9.17. The molecule has 2 aromatic rings. The van der Waals surface area contributed by atoms with E-state index in [1.807, 2.05) is 36.4 Å². The normalized spacial score (nSPS) is 9.84. The van der Waals surface area contributed by atoms with Gasteiger partial charge in [0.25, 0.3) is 0 Å². The highest BCUT2D eigenvalue weighted by Crippen LogP contribution is 2.17. The smallest absolute Gasteiger partial charge is 0.221 e. The first-order valence-electron chi connectivity index (χ1n) is 5.77. The number of benzene rings is 1. The van der Waals surface area contributed by atoms with Crippen LogP contribution in [0.2, 0.25) is 0 Å². The van der Waals surface area contributed by atoms with E-state index >= 15 is 0 Å². The number of hydrogen-bond donors (Lipinski definition) is 2.